The molecular formula is C15H20N2O4S. The van der Waals surface area contributed by atoms with Crippen molar-refractivity contribution in [2.75, 3.05) is 27.2 Å². The predicted octanol–water partition coefficient (Wildman–Crippen LogP) is 0.534. The summed E-state index contributed by atoms with van der Waals surface area (Å²) in [6, 6.07) is 5.92. The highest BCUT2D eigenvalue weighted by Crippen LogP contribution is 2.44. The van der Waals surface area contributed by atoms with Gasteiger partial charge in [0.15, 0.2) is 0 Å². The number of carbonyl (C=O) groups is 1. The first kappa shape index (κ1) is 15.5. The molecule has 2 aliphatic rings. The van der Waals surface area contributed by atoms with Crippen LogP contribution >= 0.6 is 0 Å². The van der Waals surface area contributed by atoms with Crippen molar-refractivity contribution in [1.29, 1.82) is 0 Å². The van der Waals surface area contributed by atoms with Gasteiger partial charge in [-0.3, -0.25) is 4.79 Å². The first-order valence-electron chi connectivity index (χ1n) is 7.28. The molecule has 22 heavy (non-hydrogen) atoms. The molecule has 0 unspecified atom stereocenters. The summed E-state index contributed by atoms with van der Waals surface area (Å²) in [6.45, 7) is 0.739. The van der Waals surface area contributed by atoms with E-state index in [0.29, 0.717) is 24.6 Å². The number of amides is 1. The van der Waals surface area contributed by atoms with Gasteiger partial charge in [0.05, 0.1) is 18.0 Å². The predicted molar refractivity (Wildman–Crippen MR) is 80.9 cm³/mol. The van der Waals surface area contributed by atoms with Crippen LogP contribution in [0.1, 0.15) is 23.2 Å². The van der Waals surface area contributed by atoms with Gasteiger partial charge < -0.3 is 10.0 Å². The van der Waals surface area contributed by atoms with Gasteiger partial charge in [0.1, 0.15) is 5.60 Å². The van der Waals surface area contributed by atoms with E-state index in [9.17, 15) is 18.3 Å². The van der Waals surface area contributed by atoms with Gasteiger partial charge in [-0.2, -0.15) is 0 Å². The van der Waals surface area contributed by atoms with Crippen LogP contribution in [0.15, 0.2) is 29.2 Å². The Labute approximate surface area is 130 Å². The molecule has 0 bridgehead atoms. The van der Waals surface area contributed by atoms with Gasteiger partial charge in [0, 0.05) is 19.7 Å². The highest BCUT2D eigenvalue weighted by Gasteiger charge is 2.53. The smallest absolute Gasteiger partial charge is 0.254 e. The maximum Gasteiger partial charge on any atom is 0.254 e. The third-order valence-electron chi connectivity index (χ3n) is 4.43. The van der Waals surface area contributed by atoms with E-state index in [1.807, 2.05) is 0 Å². The van der Waals surface area contributed by atoms with E-state index in [0.717, 1.165) is 17.1 Å². The topological polar surface area (TPSA) is 77.9 Å². The second kappa shape index (κ2) is 5.04. The quantitative estimate of drug-likeness (QED) is 0.876. The molecule has 0 spiro atoms. The fourth-order valence-electron chi connectivity index (χ4n) is 2.80. The summed E-state index contributed by atoms with van der Waals surface area (Å²) in [5.41, 5.74) is -0.264. The Morgan fingerprint density at radius 3 is 2.23 bits per heavy atom. The van der Waals surface area contributed by atoms with Crippen molar-refractivity contribution >= 4 is 15.9 Å². The van der Waals surface area contributed by atoms with Crippen LogP contribution < -0.4 is 0 Å². The number of benzene rings is 1. The molecule has 1 heterocycles. The van der Waals surface area contributed by atoms with Crippen molar-refractivity contribution in [3.63, 3.8) is 0 Å². The lowest BCUT2D eigenvalue weighted by Crippen LogP contribution is -2.64. The summed E-state index contributed by atoms with van der Waals surface area (Å²) in [5.74, 6) is 0.170. The molecule has 1 aliphatic carbocycles. The number of aliphatic hydroxyl groups is 1. The van der Waals surface area contributed by atoms with Gasteiger partial charge >= 0.3 is 0 Å². The number of hydrogen-bond acceptors (Lipinski definition) is 4. The number of sulfonamides is 1. The van der Waals surface area contributed by atoms with E-state index >= 15 is 0 Å². The van der Waals surface area contributed by atoms with Crippen molar-refractivity contribution in [2.45, 2.75) is 23.3 Å². The standard InChI is InChI=1S/C15H20N2O4S/c1-16(2)22(20,21)13-7-3-11(4-8-13)14(18)17-9-15(19,10-17)12-5-6-12/h3-4,7-8,12,19H,5-6,9-10H2,1-2H3. The molecule has 0 radical (unpaired) electrons. The zero-order valence-corrected chi connectivity index (χ0v) is 13.5. The molecule has 1 aromatic rings. The Kier molecular flexibility index (Phi) is 3.54. The summed E-state index contributed by atoms with van der Waals surface area (Å²) < 4.78 is 25.1. The average Bonchev–Trinajstić information content (AvgIpc) is 3.28. The summed E-state index contributed by atoms with van der Waals surface area (Å²) in [4.78, 5) is 14.1. The van der Waals surface area contributed by atoms with Crippen LogP contribution in [-0.4, -0.2) is 61.4 Å². The van der Waals surface area contributed by atoms with Gasteiger partial charge in [-0.05, 0) is 43.0 Å². The fraction of sp³-hybridized carbons (Fsp3) is 0.533. The number of β-amino-alcohol motifs (C(OH)–C–C–N with tert-alkyl or cyclic N) is 1. The molecule has 6 nitrogen and oxygen atoms in total. The molecule has 1 saturated carbocycles. The lowest BCUT2D eigenvalue weighted by molar-refractivity contribution is -0.0958. The third kappa shape index (κ3) is 2.53. The van der Waals surface area contributed by atoms with E-state index in [2.05, 4.69) is 0 Å². The Balaban J connectivity index is 1.70. The van der Waals surface area contributed by atoms with Crippen LogP contribution in [-0.2, 0) is 10.0 Å². The number of carbonyl (C=O) groups excluding carboxylic acids is 1. The van der Waals surface area contributed by atoms with Crippen molar-refractivity contribution in [2.24, 2.45) is 5.92 Å². The Morgan fingerprint density at radius 1 is 1.23 bits per heavy atom. The molecule has 1 N–H and O–H groups in total. The molecule has 1 amide bonds. The normalized spacial score (nSPS) is 20.8. The fourth-order valence-corrected chi connectivity index (χ4v) is 3.70. The molecule has 1 aromatic carbocycles. The second-order valence-corrected chi connectivity index (χ2v) is 8.50. The van der Waals surface area contributed by atoms with Gasteiger partial charge in [-0.15, -0.1) is 0 Å². The van der Waals surface area contributed by atoms with E-state index in [1.54, 1.807) is 4.90 Å². The minimum atomic E-state index is -3.48. The van der Waals surface area contributed by atoms with Crippen LogP contribution in [0, 0.1) is 5.92 Å². The van der Waals surface area contributed by atoms with Gasteiger partial charge in [0.2, 0.25) is 10.0 Å². The maximum atomic E-state index is 12.3. The molecule has 7 heteroatoms. The summed E-state index contributed by atoms with van der Waals surface area (Å²) in [5, 5.41) is 10.2. The van der Waals surface area contributed by atoms with E-state index in [4.69, 9.17) is 0 Å². The van der Waals surface area contributed by atoms with Crippen LogP contribution in [0.4, 0.5) is 0 Å². The Hall–Kier alpha value is -1.44. The minimum Gasteiger partial charge on any atom is -0.386 e. The first-order valence-corrected chi connectivity index (χ1v) is 8.72. The van der Waals surface area contributed by atoms with E-state index in [1.165, 1.54) is 38.4 Å². The molecule has 2 fully saturated rings. The van der Waals surface area contributed by atoms with Crippen LogP contribution in [0.2, 0.25) is 0 Å². The molecule has 3 rings (SSSR count). The Bertz CT molecular complexity index is 687. The van der Waals surface area contributed by atoms with Crippen LogP contribution in [0.5, 0.6) is 0 Å². The van der Waals surface area contributed by atoms with E-state index in [-0.39, 0.29) is 10.8 Å². The summed E-state index contributed by atoms with van der Waals surface area (Å²) in [7, 11) is -0.553. The minimum absolute atomic E-state index is 0.159. The molecular weight excluding hydrogens is 304 g/mol. The number of rotatable bonds is 4. The summed E-state index contributed by atoms with van der Waals surface area (Å²) >= 11 is 0. The second-order valence-electron chi connectivity index (χ2n) is 6.35. The van der Waals surface area contributed by atoms with Crippen molar-refractivity contribution in [3.05, 3.63) is 29.8 Å². The molecule has 1 saturated heterocycles. The zero-order chi connectivity index (χ0) is 16.1. The summed E-state index contributed by atoms with van der Waals surface area (Å²) in [6.07, 6.45) is 2.07. The van der Waals surface area contributed by atoms with Crippen molar-refractivity contribution < 1.29 is 18.3 Å². The molecule has 120 valence electrons. The molecule has 0 aromatic heterocycles. The number of nitrogens with zero attached hydrogens (tertiary/aromatic N) is 2. The highest BCUT2D eigenvalue weighted by atomic mass is 32.2. The third-order valence-corrected chi connectivity index (χ3v) is 6.26. The monoisotopic (exact) mass is 324 g/mol. The van der Waals surface area contributed by atoms with E-state index < -0.39 is 15.6 Å². The average molecular weight is 324 g/mol. The maximum absolute atomic E-state index is 12.3. The largest absolute Gasteiger partial charge is 0.386 e. The Morgan fingerprint density at radius 2 is 1.77 bits per heavy atom. The van der Waals surface area contributed by atoms with Gasteiger partial charge in [0.25, 0.3) is 5.91 Å². The SMILES string of the molecule is CN(C)S(=O)(=O)c1ccc(C(=O)N2CC(O)(C3CC3)C2)cc1. The number of likely N-dealkylation sites (tertiary alicyclic amines) is 1. The van der Waals surface area contributed by atoms with Crippen molar-refractivity contribution in [1.82, 2.24) is 9.21 Å². The van der Waals surface area contributed by atoms with Crippen molar-refractivity contribution in [3.8, 4) is 0 Å². The molecule has 1 aliphatic heterocycles. The number of hydrogen-bond donors (Lipinski definition) is 1. The zero-order valence-electron chi connectivity index (χ0n) is 12.7. The lowest BCUT2D eigenvalue weighted by atomic mass is 9.88. The first-order chi connectivity index (χ1) is 10.2. The highest BCUT2D eigenvalue weighted by molar-refractivity contribution is 7.89. The van der Waals surface area contributed by atoms with Gasteiger partial charge in [-0.25, -0.2) is 12.7 Å². The van der Waals surface area contributed by atoms with Crippen LogP contribution in [0.25, 0.3) is 0 Å². The molecule has 0 atom stereocenters. The van der Waals surface area contributed by atoms with Gasteiger partial charge in [-0.1, -0.05) is 0 Å². The lowest BCUT2D eigenvalue weighted by Gasteiger charge is -2.47. The van der Waals surface area contributed by atoms with Crippen LogP contribution in [0.3, 0.4) is 0 Å².